The second-order valence-corrected chi connectivity index (χ2v) is 6.62. The van der Waals surface area contributed by atoms with Crippen molar-refractivity contribution in [1.82, 2.24) is 10.2 Å². The summed E-state index contributed by atoms with van der Waals surface area (Å²) in [6.45, 7) is 3.89. The Balaban J connectivity index is 1.64. The Morgan fingerprint density at radius 1 is 1.19 bits per heavy atom. The minimum absolute atomic E-state index is 0.183. The monoisotopic (exact) mass is 294 g/mol. The van der Waals surface area contributed by atoms with Crippen LogP contribution < -0.4 is 5.32 Å². The average molecular weight is 294 g/mol. The highest BCUT2D eigenvalue weighted by atomic mass is 16.2. The lowest BCUT2D eigenvalue weighted by atomic mass is 9.85. The van der Waals surface area contributed by atoms with Gasteiger partial charge in [-0.05, 0) is 25.2 Å². The second-order valence-electron chi connectivity index (χ2n) is 6.62. The molecule has 2 fully saturated rings. The van der Waals surface area contributed by atoms with Crippen molar-refractivity contribution >= 4 is 11.8 Å². The molecule has 2 rings (SSSR count). The number of nitrogens with one attached hydrogen (secondary N) is 1. The number of piperidine rings is 2. The standard InChI is InChI=1S/C17H30N2O2/c1-2-3-4-5-6-7-8-17(21)19-12-11-15-14(13-19)9-10-16(20)18-15/h14-15H,2-13H2,1H3,(H,18,20). The maximum Gasteiger partial charge on any atom is 0.222 e. The van der Waals surface area contributed by atoms with Gasteiger partial charge in [0.05, 0.1) is 0 Å². The van der Waals surface area contributed by atoms with E-state index >= 15 is 0 Å². The van der Waals surface area contributed by atoms with E-state index in [-0.39, 0.29) is 5.91 Å². The number of carbonyl (C=O) groups excluding carboxylic acids is 2. The third kappa shape index (κ3) is 5.01. The minimum Gasteiger partial charge on any atom is -0.353 e. The van der Waals surface area contributed by atoms with Crippen LogP contribution in [0.3, 0.4) is 0 Å². The van der Waals surface area contributed by atoms with Gasteiger partial charge < -0.3 is 10.2 Å². The van der Waals surface area contributed by atoms with Gasteiger partial charge >= 0.3 is 0 Å². The van der Waals surface area contributed by atoms with Crippen LogP contribution in [-0.4, -0.2) is 35.8 Å². The van der Waals surface area contributed by atoms with Crippen molar-refractivity contribution in [3.63, 3.8) is 0 Å². The van der Waals surface area contributed by atoms with Crippen LogP contribution in [0.4, 0.5) is 0 Å². The molecule has 2 heterocycles. The molecule has 2 aliphatic heterocycles. The smallest absolute Gasteiger partial charge is 0.222 e. The van der Waals surface area contributed by atoms with Crippen LogP contribution >= 0.6 is 0 Å². The molecule has 1 N–H and O–H groups in total. The van der Waals surface area contributed by atoms with Crippen molar-refractivity contribution in [3.8, 4) is 0 Å². The fourth-order valence-electron chi connectivity index (χ4n) is 3.55. The van der Waals surface area contributed by atoms with Crippen molar-refractivity contribution < 1.29 is 9.59 Å². The summed E-state index contributed by atoms with van der Waals surface area (Å²) in [6, 6.07) is 0.310. The summed E-state index contributed by atoms with van der Waals surface area (Å²) >= 11 is 0. The Morgan fingerprint density at radius 3 is 2.76 bits per heavy atom. The summed E-state index contributed by atoms with van der Waals surface area (Å²) in [5.41, 5.74) is 0. The fourth-order valence-corrected chi connectivity index (χ4v) is 3.55. The van der Waals surface area contributed by atoms with E-state index in [1.807, 2.05) is 4.90 Å². The van der Waals surface area contributed by atoms with E-state index in [1.165, 1.54) is 32.1 Å². The number of hydrogen-bond donors (Lipinski definition) is 1. The van der Waals surface area contributed by atoms with Gasteiger partial charge in [0.1, 0.15) is 0 Å². The molecule has 0 saturated carbocycles. The van der Waals surface area contributed by atoms with Crippen molar-refractivity contribution in [2.75, 3.05) is 13.1 Å². The van der Waals surface area contributed by atoms with E-state index in [2.05, 4.69) is 12.2 Å². The van der Waals surface area contributed by atoms with Crippen LogP contribution in [-0.2, 0) is 9.59 Å². The van der Waals surface area contributed by atoms with Crippen LogP contribution in [0.1, 0.15) is 71.1 Å². The largest absolute Gasteiger partial charge is 0.353 e. The number of rotatable bonds is 7. The van der Waals surface area contributed by atoms with Gasteiger partial charge in [0.2, 0.25) is 11.8 Å². The van der Waals surface area contributed by atoms with Crippen molar-refractivity contribution in [1.29, 1.82) is 0 Å². The molecule has 4 nitrogen and oxygen atoms in total. The van der Waals surface area contributed by atoms with Crippen LogP contribution in [0.25, 0.3) is 0 Å². The molecule has 2 saturated heterocycles. The average Bonchev–Trinajstić information content (AvgIpc) is 2.50. The van der Waals surface area contributed by atoms with Gasteiger partial charge in [-0.1, -0.05) is 39.0 Å². The molecule has 4 heteroatoms. The van der Waals surface area contributed by atoms with Gasteiger partial charge in [0.15, 0.2) is 0 Å². The number of likely N-dealkylation sites (tertiary alicyclic amines) is 1. The molecule has 2 atom stereocenters. The van der Waals surface area contributed by atoms with E-state index in [4.69, 9.17) is 0 Å². The minimum atomic E-state index is 0.183. The van der Waals surface area contributed by atoms with E-state index < -0.39 is 0 Å². The molecule has 0 aromatic carbocycles. The Labute approximate surface area is 128 Å². The Bertz CT molecular complexity index is 357. The summed E-state index contributed by atoms with van der Waals surface area (Å²) in [5.74, 6) is 0.980. The quantitative estimate of drug-likeness (QED) is 0.734. The van der Waals surface area contributed by atoms with Gasteiger partial charge in [0, 0.05) is 32.0 Å². The van der Waals surface area contributed by atoms with Gasteiger partial charge in [-0.3, -0.25) is 9.59 Å². The van der Waals surface area contributed by atoms with Crippen LogP contribution in [0.2, 0.25) is 0 Å². The molecule has 21 heavy (non-hydrogen) atoms. The number of carbonyl (C=O) groups is 2. The van der Waals surface area contributed by atoms with Crippen LogP contribution in [0, 0.1) is 5.92 Å². The molecule has 2 amide bonds. The first-order valence-corrected chi connectivity index (χ1v) is 8.78. The Kier molecular flexibility index (Phi) is 6.52. The number of unbranched alkanes of at least 4 members (excludes halogenated alkanes) is 5. The zero-order valence-electron chi connectivity index (χ0n) is 13.4. The van der Waals surface area contributed by atoms with Crippen LogP contribution in [0.15, 0.2) is 0 Å². The summed E-state index contributed by atoms with van der Waals surface area (Å²) in [7, 11) is 0. The summed E-state index contributed by atoms with van der Waals surface area (Å²) in [5, 5.41) is 3.07. The fraction of sp³-hybridized carbons (Fsp3) is 0.882. The summed E-state index contributed by atoms with van der Waals surface area (Å²) < 4.78 is 0. The summed E-state index contributed by atoms with van der Waals surface area (Å²) in [6.07, 6.45) is 10.6. The van der Waals surface area contributed by atoms with E-state index in [9.17, 15) is 9.59 Å². The predicted octanol–water partition coefficient (Wildman–Crippen LogP) is 2.86. The van der Waals surface area contributed by atoms with Gasteiger partial charge in [-0.25, -0.2) is 0 Å². The maximum atomic E-state index is 12.3. The molecule has 2 unspecified atom stereocenters. The Hall–Kier alpha value is -1.06. The van der Waals surface area contributed by atoms with Crippen LogP contribution in [0.5, 0.6) is 0 Å². The predicted molar refractivity (Wildman–Crippen MR) is 83.8 cm³/mol. The molecule has 120 valence electrons. The third-order valence-corrected chi connectivity index (χ3v) is 4.92. The second kappa shape index (κ2) is 8.40. The van der Waals surface area contributed by atoms with Gasteiger partial charge in [-0.15, -0.1) is 0 Å². The Morgan fingerprint density at radius 2 is 1.95 bits per heavy atom. The molecule has 2 aliphatic rings. The molecule has 0 bridgehead atoms. The lowest BCUT2D eigenvalue weighted by Crippen LogP contribution is -2.55. The highest BCUT2D eigenvalue weighted by Gasteiger charge is 2.34. The zero-order chi connectivity index (χ0) is 15.1. The lowest BCUT2D eigenvalue weighted by Gasteiger charge is -2.41. The van der Waals surface area contributed by atoms with E-state index in [1.54, 1.807) is 0 Å². The van der Waals surface area contributed by atoms with Gasteiger partial charge in [-0.2, -0.15) is 0 Å². The molecule has 0 aromatic rings. The third-order valence-electron chi connectivity index (χ3n) is 4.92. The highest BCUT2D eigenvalue weighted by molar-refractivity contribution is 5.78. The molecule has 0 aliphatic carbocycles. The first-order chi connectivity index (χ1) is 10.2. The molecule has 0 radical (unpaired) electrons. The number of amides is 2. The SMILES string of the molecule is CCCCCCCCC(=O)N1CCC2NC(=O)CCC2C1. The lowest BCUT2D eigenvalue weighted by molar-refractivity contribution is -0.134. The van der Waals surface area contributed by atoms with Gasteiger partial charge in [0.25, 0.3) is 0 Å². The molecule has 0 aromatic heterocycles. The maximum absolute atomic E-state index is 12.3. The van der Waals surface area contributed by atoms with Crippen molar-refractivity contribution in [3.05, 3.63) is 0 Å². The van der Waals surface area contributed by atoms with E-state index in [0.717, 1.165) is 32.4 Å². The molecule has 0 spiro atoms. The van der Waals surface area contributed by atoms with Crippen molar-refractivity contribution in [2.45, 2.75) is 77.2 Å². The summed E-state index contributed by atoms with van der Waals surface area (Å²) in [4.78, 5) is 25.7. The zero-order valence-corrected chi connectivity index (χ0v) is 13.4. The number of nitrogens with zero attached hydrogens (tertiary/aromatic N) is 1. The molecular weight excluding hydrogens is 264 g/mol. The van der Waals surface area contributed by atoms with E-state index in [0.29, 0.717) is 30.7 Å². The normalized spacial score (nSPS) is 25.4. The first-order valence-electron chi connectivity index (χ1n) is 8.78. The molecular formula is C17H30N2O2. The first kappa shape index (κ1) is 16.3. The topological polar surface area (TPSA) is 49.4 Å². The highest BCUT2D eigenvalue weighted by Crippen LogP contribution is 2.25. The number of fused-ring (bicyclic) bond motifs is 1. The van der Waals surface area contributed by atoms with Crippen molar-refractivity contribution in [2.24, 2.45) is 5.92 Å². The number of hydrogen-bond acceptors (Lipinski definition) is 2.